The maximum Gasteiger partial charge on any atom is 0.128 e. The highest BCUT2D eigenvalue weighted by atomic mass is 35.5. The summed E-state index contributed by atoms with van der Waals surface area (Å²) in [4.78, 5) is 0. The minimum absolute atomic E-state index is 0. The van der Waals surface area contributed by atoms with Crippen LogP contribution in [0.5, 0.6) is 0 Å². The Labute approximate surface area is 121 Å². The number of aliphatic hydroxyl groups excluding tert-OH is 2. The van der Waals surface area contributed by atoms with E-state index in [9.17, 15) is 10.2 Å². The molecule has 0 aromatic rings. The van der Waals surface area contributed by atoms with Crippen LogP contribution in [0.4, 0.5) is 0 Å². The predicted molar refractivity (Wildman–Crippen MR) is 77.1 cm³/mol. The number of nitrogens with zero attached hydrogens (tertiary/aromatic N) is 2. The van der Waals surface area contributed by atoms with E-state index in [-0.39, 0.29) is 24.8 Å². The van der Waals surface area contributed by atoms with Gasteiger partial charge < -0.3 is 10.2 Å². The first kappa shape index (κ1) is 23.1. The molecule has 0 saturated heterocycles. The van der Waals surface area contributed by atoms with Gasteiger partial charge in [-0.3, -0.25) is 10.6 Å². The van der Waals surface area contributed by atoms with Crippen LogP contribution in [0.15, 0.2) is 10.2 Å². The summed E-state index contributed by atoms with van der Waals surface area (Å²) in [5.41, 5.74) is -1.29. The van der Waals surface area contributed by atoms with Crippen molar-refractivity contribution in [1.82, 2.24) is 10.6 Å². The van der Waals surface area contributed by atoms with Crippen LogP contribution >= 0.6 is 24.8 Å². The van der Waals surface area contributed by atoms with E-state index in [0.29, 0.717) is 0 Å². The molecule has 0 aromatic heterocycles. The van der Waals surface area contributed by atoms with Gasteiger partial charge in [-0.05, 0) is 41.5 Å². The molecule has 0 rings (SSSR count). The third-order valence-electron chi connectivity index (χ3n) is 1.67. The standard InChI is InChI=1S/C10H24N4O2.2ClH/c1-7(15)11-9(3,4)13-14-10(5,6)12-8(2)16;;/h7-8,11-12,15-16H,1-6H3;2*1H/b14-13+;;. The predicted octanol–water partition coefficient (Wildman–Crippen LogP) is 1.61. The van der Waals surface area contributed by atoms with Crippen molar-refractivity contribution in [1.29, 1.82) is 0 Å². The number of azo groups is 1. The number of rotatable bonds is 6. The Bertz CT molecular complexity index is 222. The highest BCUT2D eigenvalue weighted by molar-refractivity contribution is 5.85. The van der Waals surface area contributed by atoms with Gasteiger partial charge in [0, 0.05) is 0 Å². The van der Waals surface area contributed by atoms with E-state index in [4.69, 9.17) is 0 Å². The fourth-order valence-electron chi connectivity index (χ4n) is 1.33. The molecule has 8 heteroatoms. The highest BCUT2D eigenvalue weighted by Crippen LogP contribution is 2.12. The molecule has 0 radical (unpaired) electrons. The Morgan fingerprint density at radius 2 is 1.00 bits per heavy atom. The minimum Gasteiger partial charge on any atom is -0.379 e. The smallest absolute Gasteiger partial charge is 0.128 e. The molecule has 112 valence electrons. The molecule has 2 unspecified atom stereocenters. The molecule has 2 atom stereocenters. The van der Waals surface area contributed by atoms with Crippen molar-refractivity contribution in [2.75, 3.05) is 0 Å². The first-order valence-corrected chi connectivity index (χ1v) is 5.40. The molecule has 0 aliphatic heterocycles. The summed E-state index contributed by atoms with van der Waals surface area (Å²) in [5.74, 6) is 0. The summed E-state index contributed by atoms with van der Waals surface area (Å²) in [5, 5.41) is 32.3. The van der Waals surface area contributed by atoms with Gasteiger partial charge in [-0.25, -0.2) is 0 Å². The van der Waals surface area contributed by atoms with E-state index < -0.39 is 23.8 Å². The van der Waals surface area contributed by atoms with Gasteiger partial charge in [-0.1, -0.05) is 0 Å². The second-order valence-corrected chi connectivity index (χ2v) is 4.96. The van der Waals surface area contributed by atoms with E-state index in [0.717, 1.165) is 0 Å². The molecular weight excluding hydrogens is 279 g/mol. The van der Waals surface area contributed by atoms with E-state index >= 15 is 0 Å². The molecule has 0 saturated carbocycles. The zero-order valence-corrected chi connectivity index (χ0v) is 13.4. The summed E-state index contributed by atoms with van der Waals surface area (Å²) in [6.07, 6.45) is -1.30. The number of hydrogen-bond acceptors (Lipinski definition) is 6. The lowest BCUT2D eigenvalue weighted by Crippen LogP contribution is -2.46. The van der Waals surface area contributed by atoms with Gasteiger partial charge in [-0.15, -0.1) is 24.8 Å². The second kappa shape index (κ2) is 9.01. The largest absolute Gasteiger partial charge is 0.379 e. The number of aliphatic hydroxyl groups is 2. The Morgan fingerprint density at radius 3 is 1.17 bits per heavy atom. The Kier molecular flexibility index (Phi) is 11.6. The van der Waals surface area contributed by atoms with Gasteiger partial charge in [0.25, 0.3) is 0 Å². The lowest BCUT2D eigenvalue weighted by atomic mass is 10.2. The zero-order chi connectivity index (χ0) is 13.0. The first-order chi connectivity index (χ1) is 7.04. The van der Waals surface area contributed by atoms with Crippen LogP contribution in [0, 0.1) is 0 Å². The minimum atomic E-state index is -0.651. The average Bonchev–Trinajstić information content (AvgIpc) is 1.96. The SMILES string of the molecule is CC(O)NC(C)(C)/N=N/C(C)(C)NC(C)O.Cl.Cl. The normalized spacial score (nSPS) is 15.8. The lowest BCUT2D eigenvalue weighted by molar-refractivity contribution is 0.105. The first-order valence-electron chi connectivity index (χ1n) is 5.40. The summed E-state index contributed by atoms with van der Waals surface area (Å²) >= 11 is 0. The van der Waals surface area contributed by atoms with Crippen molar-refractivity contribution in [2.24, 2.45) is 10.2 Å². The van der Waals surface area contributed by atoms with E-state index in [1.165, 1.54) is 0 Å². The van der Waals surface area contributed by atoms with E-state index in [1.807, 2.05) is 27.7 Å². The van der Waals surface area contributed by atoms with E-state index in [2.05, 4.69) is 20.9 Å². The average molecular weight is 305 g/mol. The van der Waals surface area contributed by atoms with Crippen LogP contribution in [0.3, 0.4) is 0 Å². The van der Waals surface area contributed by atoms with Crippen molar-refractivity contribution in [3.05, 3.63) is 0 Å². The van der Waals surface area contributed by atoms with Crippen LogP contribution in [0.25, 0.3) is 0 Å². The van der Waals surface area contributed by atoms with Gasteiger partial charge in [0.05, 0.1) is 0 Å². The topological polar surface area (TPSA) is 89.2 Å². The van der Waals surface area contributed by atoms with Gasteiger partial charge >= 0.3 is 0 Å². The highest BCUT2D eigenvalue weighted by Gasteiger charge is 2.22. The van der Waals surface area contributed by atoms with Gasteiger partial charge in [0.15, 0.2) is 0 Å². The quantitative estimate of drug-likeness (QED) is 0.443. The maximum absolute atomic E-state index is 9.19. The second-order valence-electron chi connectivity index (χ2n) is 4.96. The molecule has 0 amide bonds. The molecule has 18 heavy (non-hydrogen) atoms. The molecule has 0 bridgehead atoms. The number of nitrogens with one attached hydrogen (secondary N) is 2. The Balaban J connectivity index is -0.00000112. The Hall–Kier alpha value is 0.0200. The molecule has 4 N–H and O–H groups in total. The van der Waals surface area contributed by atoms with Crippen molar-refractivity contribution in [2.45, 2.75) is 65.3 Å². The third kappa shape index (κ3) is 12.5. The molecule has 6 nitrogen and oxygen atoms in total. The van der Waals surface area contributed by atoms with Crippen LogP contribution in [-0.4, -0.2) is 34.0 Å². The zero-order valence-electron chi connectivity index (χ0n) is 11.8. The summed E-state index contributed by atoms with van der Waals surface area (Å²) in [6.45, 7) is 10.5. The van der Waals surface area contributed by atoms with Crippen molar-refractivity contribution in [3.8, 4) is 0 Å². The third-order valence-corrected chi connectivity index (χ3v) is 1.67. The summed E-state index contributed by atoms with van der Waals surface area (Å²) in [6, 6.07) is 0. The molecule has 0 spiro atoms. The molecule has 0 heterocycles. The number of halogens is 2. The molecule has 0 aliphatic rings. The fraction of sp³-hybridized carbons (Fsp3) is 1.00. The van der Waals surface area contributed by atoms with Crippen molar-refractivity contribution < 1.29 is 10.2 Å². The van der Waals surface area contributed by atoms with Crippen molar-refractivity contribution in [3.63, 3.8) is 0 Å². The van der Waals surface area contributed by atoms with Gasteiger partial charge in [0.2, 0.25) is 0 Å². The molecular formula is C10H26Cl2N4O2. The van der Waals surface area contributed by atoms with Crippen LogP contribution in [0.1, 0.15) is 41.5 Å². The number of hydrogen-bond donors (Lipinski definition) is 4. The fourth-order valence-corrected chi connectivity index (χ4v) is 1.33. The lowest BCUT2D eigenvalue weighted by Gasteiger charge is -2.26. The molecule has 0 fully saturated rings. The van der Waals surface area contributed by atoms with Crippen LogP contribution in [-0.2, 0) is 0 Å². The monoisotopic (exact) mass is 304 g/mol. The summed E-state index contributed by atoms with van der Waals surface area (Å²) < 4.78 is 0. The maximum atomic E-state index is 9.19. The van der Waals surface area contributed by atoms with Crippen LogP contribution in [0.2, 0.25) is 0 Å². The molecule has 0 aliphatic carbocycles. The van der Waals surface area contributed by atoms with Crippen LogP contribution < -0.4 is 10.6 Å². The van der Waals surface area contributed by atoms with Gasteiger partial charge in [-0.2, -0.15) is 10.2 Å². The van der Waals surface area contributed by atoms with Crippen molar-refractivity contribution >= 4 is 24.8 Å². The van der Waals surface area contributed by atoms with Gasteiger partial charge in [0.1, 0.15) is 23.8 Å². The summed E-state index contributed by atoms with van der Waals surface area (Å²) in [7, 11) is 0. The Morgan fingerprint density at radius 1 is 0.778 bits per heavy atom. The molecule has 0 aromatic carbocycles. The van der Waals surface area contributed by atoms with E-state index in [1.54, 1.807) is 13.8 Å².